The molecule has 8 heteroatoms. The van der Waals surface area contributed by atoms with Gasteiger partial charge in [0.1, 0.15) is 0 Å². The molecule has 0 atom stereocenters. The summed E-state index contributed by atoms with van der Waals surface area (Å²) in [6.07, 6.45) is -3.97. The summed E-state index contributed by atoms with van der Waals surface area (Å²) in [6.45, 7) is 0.975. The molecule has 0 aliphatic carbocycles. The Hall–Kier alpha value is -1.96. The summed E-state index contributed by atoms with van der Waals surface area (Å²) in [5, 5.41) is 20.7. The Bertz CT molecular complexity index is 538. The first-order valence-electron chi connectivity index (χ1n) is 6.45. The summed E-state index contributed by atoms with van der Waals surface area (Å²) in [4.78, 5) is 1.78. The number of halogens is 3. The minimum absolute atomic E-state index is 0.356. The van der Waals surface area contributed by atoms with E-state index in [1.54, 1.807) is 4.90 Å². The number of nitrogens with zero attached hydrogens (tertiary/aromatic N) is 2. The van der Waals surface area contributed by atoms with Crippen molar-refractivity contribution in [2.24, 2.45) is 10.9 Å². The van der Waals surface area contributed by atoms with E-state index in [9.17, 15) is 18.3 Å². The lowest BCUT2D eigenvalue weighted by molar-refractivity contribution is -0.137. The van der Waals surface area contributed by atoms with E-state index in [0.717, 1.165) is 6.07 Å². The molecule has 1 aromatic rings. The van der Waals surface area contributed by atoms with E-state index in [-0.39, 0.29) is 5.56 Å². The first-order valence-corrected chi connectivity index (χ1v) is 6.45. The quantitative estimate of drug-likeness (QED) is 0.336. The Morgan fingerprint density at radius 2 is 1.90 bits per heavy atom. The zero-order chi connectivity index (χ0) is 15.6. The van der Waals surface area contributed by atoms with Gasteiger partial charge in [-0.2, -0.15) is 13.2 Å². The van der Waals surface area contributed by atoms with Gasteiger partial charge in [-0.3, -0.25) is 0 Å². The van der Waals surface area contributed by atoms with Crippen LogP contribution in [0, 0.1) is 0 Å². The summed E-state index contributed by atoms with van der Waals surface area (Å²) in [5.41, 5.74) is 4.40. The number of alkyl halides is 3. The Balaban J connectivity index is 2.38. The van der Waals surface area contributed by atoms with Crippen molar-refractivity contribution in [1.82, 2.24) is 0 Å². The molecule has 1 fully saturated rings. The van der Waals surface area contributed by atoms with Gasteiger partial charge in [0.25, 0.3) is 0 Å². The summed E-state index contributed by atoms with van der Waals surface area (Å²) in [5.74, 6) is -0.581. The van der Waals surface area contributed by atoms with E-state index in [1.165, 1.54) is 12.1 Å². The molecule has 5 nitrogen and oxygen atoms in total. The van der Waals surface area contributed by atoms with E-state index in [1.807, 2.05) is 0 Å². The van der Waals surface area contributed by atoms with Crippen molar-refractivity contribution >= 4 is 11.5 Å². The van der Waals surface area contributed by atoms with Crippen molar-refractivity contribution < 1.29 is 23.5 Å². The number of aliphatic hydroxyl groups is 1. The van der Waals surface area contributed by atoms with E-state index in [2.05, 4.69) is 5.16 Å². The molecule has 1 aliphatic heterocycles. The van der Waals surface area contributed by atoms with Crippen molar-refractivity contribution in [2.45, 2.75) is 25.1 Å². The summed E-state index contributed by atoms with van der Waals surface area (Å²) in [6, 6.07) is 3.68. The van der Waals surface area contributed by atoms with Gasteiger partial charge in [-0.25, -0.2) is 0 Å². The van der Waals surface area contributed by atoms with Crippen molar-refractivity contribution in [3.63, 3.8) is 0 Å². The molecule has 1 saturated heterocycles. The highest BCUT2D eigenvalue weighted by Crippen LogP contribution is 2.35. The van der Waals surface area contributed by atoms with Gasteiger partial charge in [-0.1, -0.05) is 5.16 Å². The van der Waals surface area contributed by atoms with Gasteiger partial charge >= 0.3 is 6.18 Å². The summed E-state index contributed by atoms with van der Waals surface area (Å²) >= 11 is 0. The number of rotatable bonds is 2. The molecule has 0 bridgehead atoms. The lowest BCUT2D eigenvalue weighted by atomic mass is 10.0. The maximum absolute atomic E-state index is 13.1. The molecule has 116 valence electrons. The van der Waals surface area contributed by atoms with Crippen LogP contribution >= 0.6 is 0 Å². The normalized spacial score (nSPS) is 18.1. The zero-order valence-electron chi connectivity index (χ0n) is 11.1. The minimum Gasteiger partial charge on any atom is -0.409 e. The lowest BCUT2D eigenvalue weighted by Gasteiger charge is -2.32. The third-order valence-corrected chi connectivity index (χ3v) is 3.52. The fourth-order valence-corrected chi connectivity index (χ4v) is 2.36. The van der Waals surface area contributed by atoms with Gasteiger partial charge in [0.2, 0.25) is 0 Å². The Morgan fingerprint density at radius 3 is 2.43 bits per heavy atom. The topological polar surface area (TPSA) is 82.1 Å². The van der Waals surface area contributed by atoms with Gasteiger partial charge < -0.3 is 20.9 Å². The van der Waals surface area contributed by atoms with Gasteiger partial charge in [-0.05, 0) is 31.0 Å². The maximum Gasteiger partial charge on any atom is 0.417 e. The number of hydrogen-bond donors (Lipinski definition) is 3. The minimum atomic E-state index is -4.60. The smallest absolute Gasteiger partial charge is 0.409 e. The van der Waals surface area contributed by atoms with Crippen LogP contribution < -0.4 is 10.6 Å². The average molecular weight is 303 g/mol. The molecule has 2 rings (SSSR count). The van der Waals surface area contributed by atoms with Crippen LogP contribution in [0.4, 0.5) is 18.9 Å². The fraction of sp³-hybridized carbons (Fsp3) is 0.462. The predicted molar refractivity (Wildman–Crippen MR) is 71.4 cm³/mol. The first-order chi connectivity index (χ1) is 9.82. The Labute approximate surface area is 119 Å². The molecule has 0 spiro atoms. The lowest BCUT2D eigenvalue weighted by Crippen LogP contribution is -2.36. The van der Waals surface area contributed by atoms with Gasteiger partial charge in [-0.15, -0.1) is 0 Å². The van der Waals surface area contributed by atoms with E-state index < -0.39 is 23.7 Å². The second-order valence-corrected chi connectivity index (χ2v) is 4.93. The first kappa shape index (κ1) is 15.4. The predicted octanol–water partition coefficient (Wildman–Crippen LogP) is 1.76. The number of benzene rings is 1. The summed E-state index contributed by atoms with van der Waals surface area (Å²) in [7, 11) is 0. The second-order valence-electron chi connectivity index (χ2n) is 4.93. The number of amidine groups is 1. The summed E-state index contributed by atoms with van der Waals surface area (Å²) < 4.78 is 39.3. The molecule has 1 aliphatic rings. The molecule has 0 radical (unpaired) electrons. The van der Waals surface area contributed by atoms with Crippen molar-refractivity contribution in [2.75, 3.05) is 18.0 Å². The van der Waals surface area contributed by atoms with E-state index >= 15 is 0 Å². The molecule has 0 saturated carbocycles. The van der Waals surface area contributed by atoms with Crippen molar-refractivity contribution in [1.29, 1.82) is 0 Å². The third kappa shape index (κ3) is 3.38. The number of oxime groups is 1. The number of anilines is 1. The van der Waals surface area contributed by atoms with Gasteiger partial charge in [0.15, 0.2) is 5.84 Å². The highest BCUT2D eigenvalue weighted by atomic mass is 19.4. The van der Waals surface area contributed by atoms with Crippen LogP contribution in [0.25, 0.3) is 0 Å². The second kappa shape index (κ2) is 5.80. The molecule has 1 aromatic carbocycles. The van der Waals surface area contributed by atoms with Crippen molar-refractivity contribution in [3.8, 4) is 0 Å². The largest absolute Gasteiger partial charge is 0.417 e. The molecular formula is C13H16F3N3O2. The molecule has 0 unspecified atom stereocenters. The maximum atomic E-state index is 13.1. The highest BCUT2D eigenvalue weighted by Gasteiger charge is 2.35. The number of nitrogens with two attached hydrogens (primary N) is 1. The van der Waals surface area contributed by atoms with Crippen LogP contribution in [0.3, 0.4) is 0 Å². The molecular weight excluding hydrogens is 287 g/mol. The molecule has 0 amide bonds. The standard InChI is InChI=1S/C13H16F3N3O2/c14-13(15,16)11-7-8(1-2-10(11)12(17)18-21)19-5-3-9(20)4-6-19/h1-2,7,9,20-21H,3-6H2,(H2,17,18). The van der Waals surface area contributed by atoms with Crippen LogP contribution in [0.2, 0.25) is 0 Å². The van der Waals surface area contributed by atoms with Crippen LogP contribution in [0.1, 0.15) is 24.0 Å². The molecule has 1 heterocycles. The van der Waals surface area contributed by atoms with Crippen LogP contribution in [-0.2, 0) is 6.18 Å². The zero-order valence-corrected chi connectivity index (χ0v) is 11.1. The van der Waals surface area contributed by atoms with Crippen LogP contribution in [0.15, 0.2) is 23.4 Å². The van der Waals surface area contributed by atoms with Gasteiger partial charge in [0, 0.05) is 24.3 Å². The Morgan fingerprint density at radius 1 is 1.29 bits per heavy atom. The highest BCUT2D eigenvalue weighted by molar-refractivity contribution is 5.99. The SMILES string of the molecule is N/C(=N\O)c1ccc(N2CCC(O)CC2)cc1C(F)(F)F. The Kier molecular flexibility index (Phi) is 4.26. The fourth-order valence-electron chi connectivity index (χ4n) is 2.36. The van der Waals surface area contributed by atoms with Gasteiger partial charge in [0.05, 0.1) is 11.7 Å². The van der Waals surface area contributed by atoms with Crippen molar-refractivity contribution in [3.05, 3.63) is 29.3 Å². The van der Waals surface area contributed by atoms with Crippen LogP contribution in [-0.4, -0.2) is 35.3 Å². The van der Waals surface area contributed by atoms with E-state index in [4.69, 9.17) is 10.9 Å². The molecule has 0 aromatic heterocycles. The average Bonchev–Trinajstić information content (AvgIpc) is 2.46. The van der Waals surface area contributed by atoms with E-state index in [0.29, 0.717) is 31.6 Å². The van der Waals surface area contributed by atoms with Crippen LogP contribution in [0.5, 0.6) is 0 Å². The monoisotopic (exact) mass is 303 g/mol. The number of aliphatic hydroxyl groups excluding tert-OH is 1. The number of hydrogen-bond acceptors (Lipinski definition) is 4. The molecule has 4 N–H and O–H groups in total. The molecule has 21 heavy (non-hydrogen) atoms. The third-order valence-electron chi connectivity index (χ3n) is 3.52. The number of piperidine rings is 1.